The minimum atomic E-state index is -4.64. The van der Waals surface area contributed by atoms with Gasteiger partial charge >= 0.3 is 6.18 Å². The zero-order valence-electron chi connectivity index (χ0n) is 16.2. The van der Waals surface area contributed by atoms with Crippen LogP contribution in [0.5, 0.6) is 5.75 Å². The average Bonchev–Trinajstić information content (AvgIpc) is 3.16. The Morgan fingerprint density at radius 3 is 2.61 bits per heavy atom. The fourth-order valence-electron chi connectivity index (χ4n) is 3.49. The van der Waals surface area contributed by atoms with Gasteiger partial charge in [0.1, 0.15) is 17.6 Å². The van der Waals surface area contributed by atoms with Crippen molar-refractivity contribution in [3.63, 3.8) is 0 Å². The molecule has 0 spiro atoms. The molecule has 10 heteroatoms. The zero-order chi connectivity index (χ0) is 22.2. The molecule has 3 aromatic rings. The number of benzene rings is 2. The number of fused-ring (bicyclic) bond motifs is 1. The van der Waals surface area contributed by atoms with E-state index in [1.807, 2.05) is 0 Å². The Morgan fingerprint density at radius 2 is 1.87 bits per heavy atom. The number of carbonyl (C=O) groups excluding carboxylic acids is 2. The largest absolute Gasteiger partial charge is 0.496 e. The van der Waals surface area contributed by atoms with Crippen molar-refractivity contribution in [3.8, 4) is 16.9 Å². The summed E-state index contributed by atoms with van der Waals surface area (Å²) in [6.07, 6.45) is -3.43. The summed E-state index contributed by atoms with van der Waals surface area (Å²) in [5.41, 5.74) is -0.183. The summed E-state index contributed by atoms with van der Waals surface area (Å²) in [5.74, 6) is -0.417. The molecule has 1 aromatic heterocycles. The molecule has 0 saturated carbocycles. The van der Waals surface area contributed by atoms with E-state index in [0.29, 0.717) is 16.9 Å². The summed E-state index contributed by atoms with van der Waals surface area (Å²) >= 11 is 0. The molecular weight excluding hydrogens is 413 g/mol. The van der Waals surface area contributed by atoms with Gasteiger partial charge in [0, 0.05) is 11.1 Å². The van der Waals surface area contributed by atoms with Gasteiger partial charge in [-0.25, -0.2) is 4.68 Å². The molecule has 2 heterocycles. The molecule has 1 aliphatic heterocycles. The van der Waals surface area contributed by atoms with Crippen LogP contribution in [0.1, 0.15) is 18.0 Å². The van der Waals surface area contributed by atoms with E-state index in [-0.39, 0.29) is 17.9 Å². The van der Waals surface area contributed by atoms with E-state index in [0.717, 1.165) is 12.1 Å². The first-order chi connectivity index (χ1) is 14.8. The van der Waals surface area contributed by atoms with Gasteiger partial charge in [0.2, 0.25) is 11.8 Å². The molecule has 160 valence electrons. The van der Waals surface area contributed by atoms with Gasteiger partial charge in [-0.15, -0.1) is 0 Å². The van der Waals surface area contributed by atoms with Crippen LogP contribution in [0.3, 0.4) is 0 Å². The zero-order valence-corrected chi connectivity index (χ0v) is 16.2. The lowest BCUT2D eigenvalue weighted by Gasteiger charge is -2.25. The van der Waals surface area contributed by atoms with Crippen LogP contribution in [0, 0.1) is 0 Å². The lowest BCUT2D eigenvalue weighted by Crippen LogP contribution is -2.36. The highest BCUT2D eigenvalue weighted by atomic mass is 19.4. The number of alkyl halides is 3. The highest BCUT2D eigenvalue weighted by Crippen LogP contribution is 2.39. The summed E-state index contributed by atoms with van der Waals surface area (Å²) in [5, 5.41) is 9.21. The highest BCUT2D eigenvalue weighted by molar-refractivity contribution is 6.03. The average molecular weight is 430 g/mol. The van der Waals surface area contributed by atoms with Crippen molar-refractivity contribution >= 4 is 23.3 Å². The predicted octanol–water partition coefficient (Wildman–Crippen LogP) is 4.10. The minimum absolute atomic E-state index is 0.264. The third-order valence-electron chi connectivity index (χ3n) is 4.92. The second kappa shape index (κ2) is 7.78. The number of hydrogen-bond acceptors (Lipinski definition) is 4. The van der Waals surface area contributed by atoms with Crippen LogP contribution < -0.4 is 15.4 Å². The number of aromatic nitrogens is 2. The van der Waals surface area contributed by atoms with E-state index in [4.69, 9.17) is 4.74 Å². The maximum Gasteiger partial charge on any atom is 0.418 e. The number of nitrogens with zero attached hydrogens (tertiary/aromatic N) is 2. The molecule has 1 atom stereocenters. The van der Waals surface area contributed by atoms with Crippen molar-refractivity contribution in [2.75, 3.05) is 17.7 Å². The standard InChI is InChI=1S/C21H17F3N4O3/c1-31-17-9-5-2-6-12(17)13-11-25-28-16(10-18(29)27-19(13)28)20(30)26-15-8-4-3-7-14(15)21(22,23)24/h2-9,11,16H,10H2,1H3,(H,26,30)(H,27,29)/t16-/m0/s1. The number of para-hydroxylation sites is 2. The van der Waals surface area contributed by atoms with Crippen LogP contribution in [0.25, 0.3) is 11.1 Å². The van der Waals surface area contributed by atoms with Gasteiger partial charge in [0.25, 0.3) is 0 Å². The van der Waals surface area contributed by atoms with Gasteiger partial charge in [-0.1, -0.05) is 30.3 Å². The molecule has 1 aliphatic rings. The number of carbonyl (C=O) groups is 2. The fourth-order valence-corrected chi connectivity index (χ4v) is 3.49. The van der Waals surface area contributed by atoms with Gasteiger partial charge in [-0.05, 0) is 18.2 Å². The SMILES string of the molecule is COc1ccccc1-c1cnn2c1NC(=O)C[C@H]2C(=O)Nc1ccccc1C(F)(F)F. The number of rotatable bonds is 4. The van der Waals surface area contributed by atoms with Gasteiger partial charge in [-0.2, -0.15) is 18.3 Å². The Kier molecular flexibility index (Phi) is 5.14. The van der Waals surface area contributed by atoms with Crippen molar-refractivity contribution in [1.29, 1.82) is 0 Å². The molecule has 0 bridgehead atoms. The molecular formula is C21H17F3N4O3. The molecule has 0 unspecified atom stereocenters. The number of ether oxygens (including phenoxy) is 1. The Morgan fingerprint density at radius 1 is 1.16 bits per heavy atom. The summed E-state index contributed by atoms with van der Waals surface area (Å²) in [7, 11) is 1.50. The quantitative estimate of drug-likeness (QED) is 0.653. The maximum atomic E-state index is 13.3. The van der Waals surface area contributed by atoms with Gasteiger partial charge in [-0.3, -0.25) is 9.59 Å². The second-order valence-corrected chi connectivity index (χ2v) is 6.85. The molecule has 0 saturated heterocycles. The summed E-state index contributed by atoms with van der Waals surface area (Å²) in [6.45, 7) is 0. The number of nitrogens with one attached hydrogen (secondary N) is 2. The number of hydrogen-bond donors (Lipinski definition) is 2. The highest BCUT2D eigenvalue weighted by Gasteiger charge is 2.37. The van der Waals surface area contributed by atoms with E-state index in [1.165, 1.54) is 30.1 Å². The molecule has 0 radical (unpaired) electrons. The van der Waals surface area contributed by atoms with E-state index in [1.54, 1.807) is 24.3 Å². The fraction of sp³-hybridized carbons (Fsp3) is 0.190. The lowest BCUT2D eigenvalue weighted by atomic mass is 10.1. The van der Waals surface area contributed by atoms with Gasteiger partial charge < -0.3 is 15.4 Å². The number of anilines is 2. The number of amides is 2. The van der Waals surface area contributed by atoms with Crippen molar-refractivity contribution in [1.82, 2.24) is 9.78 Å². The van der Waals surface area contributed by atoms with Crippen LogP contribution in [0.15, 0.2) is 54.7 Å². The Bertz CT molecular complexity index is 1160. The topological polar surface area (TPSA) is 85.2 Å². The minimum Gasteiger partial charge on any atom is -0.496 e. The molecule has 0 aliphatic carbocycles. The first-order valence-corrected chi connectivity index (χ1v) is 9.27. The van der Waals surface area contributed by atoms with Crippen LogP contribution >= 0.6 is 0 Å². The second-order valence-electron chi connectivity index (χ2n) is 6.85. The number of methoxy groups -OCH3 is 1. The Balaban J connectivity index is 1.70. The Labute approximate surface area is 174 Å². The molecule has 31 heavy (non-hydrogen) atoms. The van der Waals surface area contributed by atoms with Crippen LogP contribution in [-0.4, -0.2) is 28.7 Å². The van der Waals surface area contributed by atoms with E-state index < -0.39 is 29.6 Å². The molecule has 2 aromatic carbocycles. The van der Waals surface area contributed by atoms with E-state index >= 15 is 0 Å². The lowest BCUT2D eigenvalue weighted by molar-refractivity contribution is -0.137. The van der Waals surface area contributed by atoms with Gasteiger partial charge in [0.15, 0.2) is 0 Å². The molecule has 2 amide bonds. The third kappa shape index (κ3) is 3.83. The summed E-state index contributed by atoms with van der Waals surface area (Å²) < 4.78 is 46.4. The van der Waals surface area contributed by atoms with Crippen molar-refractivity contribution in [2.45, 2.75) is 18.6 Å². The molecule has 0 fully saturated rings. The smallest absolute Gasteiger partial charge is 0.418 e. The normalized spacial score (nSPS) is 15.7. The monoisotopic (exact) mass is 430 g/mol. The predicted molar refractivity (Wildman–Crippen MR) is 107 cm³/mol. The van der Waals surface area contributed by atoms with Crippen LogP contribution in [-0.2, 0) is 15.8 Å². The van der Waals surface area contributed by atoms with Crippen molar-refractivity contribution in [2.24, 2.45) is 0 Å². The summed E-state index contributed by atoms with van der Waals surface area (Å²) in [4.78, 5) is 25.2. The maximum absolute atomic E-state index is 13.3. The first kappa shape index (κ1) is 20.5. The molecule has 7 nitrogen and oxygen atoms in total. The first-order valence-electron chi connectivity index (χ1n) is 9.27. The summed E-state index contributed by atoms with van der Waals surface area (Å²) in [6, 6.07) is 10.6. The van der Waals surface area contributed by atoms with Crippen LogP contribution in [0.4, 0.5) is 24.7 Å². The van der Waals surface area contributed by atoms with Gasteiger partial charge in [0.05, 0.1) is 31.0 Å². The van der Waals surface area contributed by atoms with Crippen molar-refractivity contribution in [3.05, 3.63) is 60.3 Å². The van der Waals surface area contributed by atoms with E-state index in [9.17, 15) is 22.8 Å². The Hall–Kier alpha value is -3.82. The van der Waals surface area contributed by atoms with Crippen molar-refractivity contribution < 1.29 is 27.5 Å². The van der Waals surface area contributed by atoms with Crippen LogP contribution in [0.2, 0.25) is 0 Å². The molecule has 2 N–H and O–H groups in total. The third-order valence-corrected chi connectivity index (χ3v) is 4.92. The van der Waals surface area contributed by atoms with E-state index in [2.05, 4.69) is 15.7 Å². The number of halogens is 3. The molecule has 4 rings (SSSR count).